The van der Waals surface area contributed by atoms with Gasteiger partial charge in [-0.2, -0.15) is 0 Å². The van der Waals surface area contributed by atoms with Crippen molar-refractivity contribution in [3.05, 3.63) is 0 Å². The lowest BCUT2D eigenvalue weighted by Crippen LogP contribution is -2.60. The van der Waals surface area contributed by atoms with E-state index < -0.39 is 5.54 Å². The van der Waals surface area contributed by atoms with Crippen molar-refractivity contribution < 1.29 is 4.79 Å². The zero-order valence-electron chi connectivity index (χ0n) is 10.5. The van der Waals surface area contributed by atoms with Gasteiger partial charge in [0.2, 0.25) is 5.91 Å². The zero-order chi connectivity index (χ0) is 12.2. The quantitative estimate of drug-likeness (QED) is 0.600. The first-order valence-corrected chi connectivity index (χ1v) is 6.28. The van der Waals surface area contributed by atoms with Crippen molar-refractivity contribution in [3.63, 3.8) is 0 Å². The smallest absolute Gasteiger partial charge is 0.239 e. The Labute approximate surface area is 98.3 Å². The lowest BCUT2D eigenvalue weighted by Gasteiger charge is -2.31. The maximum absolute atomic E-state index is 11.4. The molecule has 1 amide bonds. The van der Waals surface area contributed by atoms with Gasteiger partial charge in [-0.3, -0.25) is 4.79 Å². The lowest BCUT2D eigenvalue weighted by molar-refractivity contribution is -0.124. The van der Waals surface area contributed by atoms with Gasteiger partial charge in [0.05, 0.1) is 0 Å². The Morgan fingerprint density at radius 2 is 2.06 bits per heavy atom. The minimum absolute atomic E-state index is 0.304. The summed E-state index contributed by atoms with van der Waals surface area (Å²) in [5, 5.41) is 0. The van der Waals surface area contributed by atoms with Crippen LogP contribution in [0.3, 0.4) is 0 Å². The summed E-state index contributed by atoms with van der Waals surface area (Å²) in [7, 11) is 2.02. The molecule has 4 heteroatoms. The van der Waals surface area contributed by atoms with Gasteiger partial charge in [-0.15, -0.1) is 0 Å². The van der Waals surface area contributed by atoms with E-state index in [0.717, 1.165) is 25.8 Å². The normalized spacial score (nSPS) is 19.8. The van der Waals surface area contributed by atoms with Crippen LogP contribution in [0.5, 0.6) is 0 Å². The van der Waals surface area contributed by atoms with Gasteiger partial charge in [0.25, 0.3) is 0 Å². The largest absolute Gasteiger partial charge is 0.368 e. The molecular formula is C12H25N3O. The number of nitrogens with zero attached hydrogens (tertiary/aromatic N) is 1. The molecule has 0 aliphatic heterocycles. The summed E-state index contributed by atoms with van der Waals surface area (Å²) in [5.41, 5.74) is 10.8. The summed E-state index contributed by atoms with van der Waals surface area (Å²) >= 11 is 0. The van der Waals surface area contributed by atoms with Gasteiger partial charge in [-0.05, 0) is 38.8 Å². The molecule has 0 radical (unpaired) electrons. The Bertz CT molecular complexity index is 240. The molecule has 94 valence electrons. The number of likely N-dealkylation sites (N-methyl/N-ethyl adjacent to an activating group) is 1. The topological polar surface area (TPSA) is 72.3 Å². The van der Waals surface area contributed by atoms with E-state index >= 15 is 0 Å². The molecule has 0 saturated heterocycles. The molecule has 1 aliphatic rings. The fourth-order valence-corrected chi connectivity index (χ4v) is 2.16. The van der Waals surface area contributed by atoms with Crippen molar-refractivity contribution >= 4 is 5.91 Å². The van der Waals surface area contributed by atoms with E-state index in [2.05, 4.69) is 11.8 Å². The number of amides is 1. The van der Waals surface area contributed by atoms with Crippen LogP contribution in [0.15, 0.2) is 0 Å². The molecule has 1 unspecified atom stereocenters. The van der Waals surface area contributed by atoms with Gasteiger partial charge in [0.15, 0.2) is 0 Å². The highest BCUT2D eigenvalue weighted by molar-refractivity contribution is 5.85. The summed E-state index contributed by atoms with van der Waals surface area (Å²) in [5.74, 6) is -0.0454. The van der Waals surface area contributed by atoms with Crippen LogP contribution in [0.2, 0.25) is 0 Å². The summed E-state index contributed by atoms with van der Waals surface area (Å²) in [6.45, 7) is 3.77. The van der Waals surface area contributed by atoms with Crippen LogP contribution in [0.25, 0.3) is 0 Å². The van der Waals surface area contributed by atoms with E-state index in [1.807, 2.05) is 7.05 Å². The van der Waals surface area contributed by atoms with Crippen molar-refractivity contribution in [2.24, 2.45) is 17.4 Å². The van der Waals surface area contributed by atoms with Crippen LogP contribution in [0.4, 0.5) is 0 Å². The zero-order valence-corrected chi connectivity index (χ0v) is 10.5. The number of unbranched alkanes of at least 4 members (excludes halogenated alkanes) is 2. The highest BCUT2D eigenvalue weighted by atomic mass is 16.1. The standard InChI is InChI=1S/C12H25N3O/c1-3-4-5-8-15(2)9-12(14,11(13)16)10-6-7-10/h10H,3-9,14H2,1-2H3,(H2,13,16). The summed E-state index contributed by atoms with van der Waals surface area (Å²) in [4.78, 5) is 13.6. The Balaban J connectivity index is 2.39. The van der Waals surface area contributed by atoms with Crippen LogP contribution in [0, 0.1) is 5.92 Å². The predicted octanol–water partition coefficient (Wildman–Crippen LogP) is 0.701. The third-order valence-electron chi connectivity index (χ3n) is 3.44. The molecule has 0 aromatic rings. The first kappa shape index (κ1) is 13.5. The molecule has 0 aromatic carbocycles. The minimum atomic E-state index is -0.805. The van der Waals surface area contributed by atoms with Gasteiger partial charge < -0.3 is 16.4 Å². The van der Waals surface area contributed by atoms with Crippen LogP contribution >= 0.6 is 0 Å². The fraction of sp³-hybridized carbons (Fsp3) is 0.917. The molecular weight excluding hydrogens is 202 g/mol. The third-order valence-corrected chi connectivity index (χ3v) is 3.44. The SMILES string of the molecule is CCCCCN(C)CC(N)(C(N)=O)C1CC1. The number of carbonyl (C=O) groups is 1. The summed E-state index contributed by atoms with van der Waals surface area (Å²) in [6.07, 6.45) is 5.68. The molecule has 0 spiro atoms. The molecule has 1 aliphatic carbocycles. The van der Waals surface area contributed by atoms with E-state index in [1.165, 1.54) is 12.8 Å². The van der Waals surface area contributed by atoms with Crippen LogP contribution in [-0.2, 0) is 4.79 Å². The second-order valence-corrected chi connectivity index (χ2v) is 5.12. The molecule has 4 N–H and O–H groups in total. The number of rotatable bonds is 8. The van der Waals surface area contributed by atoms with Crippen molar-refractivity contribution in [2.45, 2.75) is 44.6 Å². The minimum Gasteiger partial charge on any atom is -0.368 e. The van der Waals surface area contributed by atoms with Crippen molar-refractivity contribution in [2.75, 3.05) is 20.1 Å². The molecule has 4 nitrogen and oxygen atoms in total. The Hall–Kier alpha value is -0.610. The Morgan fingerprint density at radius 1 is 1.44 bits per heavy atom. The molecule has 0 bridgehead atoms. The average molecular weight is 227 g/mol. The first-order valence-electron chi connectivity index (χ1n) is 6.28. The highest BCUT2D eigenvalue weighted by Crippen LogP contribution is 2.38. The highest BCUT2D eigenvalue weighted by Gasteiger charge is 2.47. The molecule has 1 saturated carbocycles. The molecule has 1 rings (SSSR count). The van der Waals surface area contributed by atoms with E-state index in [4.69, 9.17) is 11.5 Å². The van der Waals surface area contributed by atoms with Crippen molar-refractivity contribution in [3.8, 4) is 0 Å². The van der Waals surface area contributed by atoms with Gasteiger partial charge in [0.1, 0.15) is 5.54 Å². The summed E-state index contributed by atoms with van der Waals surface area (Å²) in [6, 6.07) is 0. The number of primary amides is 1. The van der Waals surface area contributed by atoms with E-state index in [1.54, 1.807) is 0 Å². The van der Waals surface area contributed by atoms with E-state index in [0.29, 0.717) is 12.5 Å². The second kappa shape index (κ2) is 5.64. The fourth-order valence-electron chi connectivity index (χ4n) is 2.16. The van der Waals surface area contributed by atoms with Gasteiger partial charge in [0, 0.05) is 6.54 Å². The predicted molar refractivity (Wildman–Crippen MR) is 65.9 cm³/mol. The Kier molecular flexibility index (Phi) is 4.74. The van der Waals surface area contributed by atoms with Crippen LogP contribution in [-0.4, -0.2) is 36.5 Å². The number of carbonyl (C=O) groups excluding carboxylic acids is 1. The van der Waals surface area contributed by atoms with Crippen LogP contribution in [0.1, 0.15) is 39.0 Å². The van der Waals surface area contributed by atoms with Crippen molar-refractivity contribution in [1.29, 1.82) is 0 Å². The van der Waals surface area contributed by atoms with Gasteiger partial charge in [-0.1, -0.05) is 19.8 Å². The molecule has 0 aromatic heterocycles. The average Bonchev–Trinajstić information content (AvgIpc) is 3.00. The van der Waals surface area contributed by atoms with Crippen LogP contribution < -0.4 is 11.5 Å². The number of hydrogen-bond acceptors (Lipinski definition) is 3. The first-order chi connectivity index (χ1) is 7.50. The van der Waals surface area contributed by atoms with E-state index in [9.17, 15) is 4.79 Å². The molecule has 16 heavy (non-hydrogen) atoms. The van der Waals surface area contributed by atoms with Crippen molar-refractivity contribution in [1.82, 2.24) is 4.90 Å². The monoisotopic (exact) mass is 227 g/mol. The van der Waals surface area contributed by atoms with Gasteiger partial charge >= 0.3 is 0 Å². The van der Waals surface area contributed by atoms with E-state index in [-0.39, 0.29) is 5.91 Å². The molecule has 1 fully saturated rings. The Morgan fingerprint density at radius 3 is 2.50 bits per heavy atom. The molecule has 0 heterocycles. The van der Waals surface area contributed by atoms with Gasteiger partial charge in [-0.25, -0.2) is 0 Å². The second-order valence-electron chi connectivity index (χ2n) is 5.12. The number of nitrogens with two attached hydrogens (primary N) is 2. The third kappa shape index (κ3) is 3.46. The maximum atomic E-state index is 11.4. The molecule has 1 atom stereocenters. The number of hydrogen-bond donors (Lipinski definition) is 2. The lowest BCUT2D eigenvalue weighted by atomic mass is 9.93. The summed E-state index contributed by atoms with van der Waals surface area (Å²) < 4.78 is 0. The maximum Gasteiger partial charge on any atom is 0.239 e.